The Morgan fingerprint density at radius 2 is 1.59 bits per heavy atom. The number of carboxylic acids is 1. The Morgan fingerprint density at radius 3 is 2.27 bits per heavy atom. The topological polar surface area (TPSA) is 92.7 Å². The molecule has 0 bridgehead atoms. The Balaban J connectivity index is 2.20. The molecule has 6 nitrogen and oxygen atoms in total. The van der Waals surface area contributed by atoms with E-state index in [0.29, 0.717) is 5.69 Å². The number of rotatable bonds is 4. The minimum atomic E-state index is -1.08. The third kappa shape index (κ3) is 3.49. The van der Waals surface area contributed by atoms with Gasteiger partial charge in [0.2, 0.25) is 0 Å². The van der Waals surface area contributed by atoms with Crippen LogP contribution in [0.15, 0.2) is 48.5 Å². The van der Waals surface area contributed by atoms with Crippen LogP contribution in [0.1, 0.15) is 31.1 Å². The van der Waals surface area contributed by atoms with Crippen molar-refractivity contribution in [1.82, 2.24) is 0 Å². The fraction of sp³-hybridized carbons (Fsp3) is 0.0625. The van der Waals surface area contributed by atoms with E-state index >= 15 is 0 Å². The maximum absolute atomic E-state index is 12.1. The molecule has 1 amide bonds. The van der Waals surface area contributed by atoms with Gasteiger partial charge in [0.1, 0.15) is 0 Å². The molecule has 2 rings (SSSR count). The molecule has 22 heavy (non-hydrogen) atoms. The largest absolute Gasteiger partial charge is 0.478 e. The number of carbonyl (C=O) groups is 3. The first-order valence-corrected chi connectivity index (χ1v) is 6.34. The van der Waals surface area contributed by atoms with Crippen molar-refractivity contribution in [2.75, 3.05) is 12.4 Å². The Hall–Kier alpha value is -3.15. The van der Waals surface area contributed by atoms with Crippen LogP contribution >= 0.6 is 0 Å². The molecule has 0 unspecified atom stereocenters. The number of amides is 1. The number of aromatic carboxylic acids is 1. The van der Waals surface area contributed by atoms with Gasteiger partial charge in [0.15, 0.2) is 0 Å². The lowest BCUT2D eigenvalue weighted by molar-refractivity contribution is 0.0599. The number of ether oxygens (including phenoxy) is 1. The zero-order valence-corrected chi connectivity index (χ0v) is 11.7. The number of esters is 1. The predicted octanol–water partition coefficient (Wildman–Crippen LogP) is 2.42. The summed E-state index contributed by atoms with van der Waals surface area (Å²) < 4.78 is 4.60. The van der Waals surface area contributed by atoms with E-state index in [4.69, 9.17) is 5.11 Å². The molecule has 0 aliphatic carbocycles. The quantitative estimate of drug-likeness (QED) is 0.846. The Kier molecular flexibility index (Phi) is 4.53. The number of hydrogen-bond acceptors (Lipinski definition) is 4. The van der Waals surface area contributed by atoms with E-state index in [9.17, 15) is 14.4 Å². The highest BCUT2D eigenvalue weighted by atomic mass is 16.5. The van der Waals surface area contributed by atoms with Gasteiger partial charge in [-0.2, -0.15) is 0 Å². The molecule has 0 fully saturated rings. The predicted molar refractivity (Wildman–Crippen MR) is 79.1 cm³/mol. The molecule has 2 N–H and O–H groups in total. The van der Waals surface area contributed by atoms with Gasteiger partial charge in [-0.25, -0.2) is 9.59 Å². The van der Waals surface area contributed by atoms with Gasteiger partial charge in [-0.3, -0.25) is 4.79 Å². The lowest BCUT2D eigenvalue weighted by Crippen LogP contribution is -2.13. The van der Waals surface area contributed by atoms with Crippen molar-refractivity contribution in [2.45, 2.75) is 0 Å². The van der Waals surface area contributed by atoms with E-state index in [-0.39, 0.29) is 16.7 Å². The van der Waals surface area contributed by atoms with Gasteiger partial charge >= 0.3 is 11.9 Å². The van der Waals surface area contributed by atoms with E-state index in [1.165, 1.54) is 37.4 Å². The van der Waals surface area contributed by atoms with Crippen LogP contribution < -0.4 is 5.32 Å². The Morgan fingerprint density at radius 1 is 0.955 bits per heavy atom. The number of anilines is 1. The minimum Gasteiger partial charge on any atom is -0.478 e. The molecule has 0 atom stereocenters. The third-order valence-electron chi connectivity index (χ3n) is 2.91. The summed E-state index contributed by atoms with van der Waals surface area (Å²) in [5.74, 6) is -2.07. The molecule has 6 heteroatoms. The van der Waals surface area contributed by atoms with E-state index in [2.05, 4.69) is 10.1 Å². The molecular weight excluding hydrogens is 286 g/mol. The van der Waals surface area contributed by atoms with Crippen LogP contribution in [0.4, 0.5) is 5.69 Å². The van der Waals surface area contributed by atoms with E-state index in [1.54, 1.807) is 18.2 Å². The number of benzene rings is 2. The molecule has 0 saturated heterocycles. The molecule has 0 aromatic heterocycles. The van der Waals surface area contributed by atoms with Gasteiger partial charge in [-0.1, -0.05) is 12.1 Å². The van der Waals surface area contributed by atoms with Gasteiger partial charge in [-0.05, 0) is 36.4 Å². The van der Waals surface area contributed by atoms with Gasteiger partial charge in [0, 0.05) is 11.3 Å². The normalized spacial score (nSPS) is 9.86. The molecule has 2 aromatic rings. The molecule has 0 radical (unpaired) electrons. The SMILES string of the molecule is COC(=O)c1cccc(C(=O)Nc2cccc(C(=O)O)c2)c1. The van der Waals surface area contributed by atoms with Crippen LogP contribution in [0.3, 0.4) is 0 Å². The lowest BCUT2D eigenvalue weighted by atomic mass is 10.1. The Bertz CT molecular complexity index is 739. The maximum atomic E-state index is 12.1. The van der Waals surface area contributed by atoms with E-state index in [0.717, 1.165) is 0 Å². The first-order valence-electron chi connectivity index (χ1n) is 6.34. The minimum absolute atomic E-state index is 0.0705. The van der Waals surface area contributed by atoms with E-state index in [1.807, 2.05) is 0 Å². The molecule has 0 saturated carbocycles. The summed E-state index contributed by atoms with van der Waals surface area (Å²) in [6.07, 6.45) is 0. The standard InChI is InChI=1S/C16H13NO5/c1-22-16(21)12-6-2-4-10(8-12)14(18)17-13-7-3-5-11(9-13)15(19)20/h2-9H,1H3,(H,17,18)(H,19,20). The second-order valence-electron chi connectivity index (χ2n) is 4.41. The Labute approximate surface area is 126 Å². The van der Waals surface area contributed by atoms with Crippen molar-refractivity contribution in [3.63, 3.8) is 0 Å². The number of methoxy groups -OCH3 is 1. The summed E-state index contributed by atoms with van der Waals surface area (Å²) in [5.41, 5.74) is 0.951. The highest BCUT2D eigenvalue weighted by Crippen LogP contribution is 2.13. The van der Waals surface area contributed by atoms with Crippen molar-refractivity contribution >= 4 is 23.5 Å². The number of carbonyl (C=O) groups excluding carboxylic acids is 2. The molecule has 2 aromatic carbocycles. The highest BCUT2D eigenvalue weighted by Gasteiger charge is 2.11. The van der Waals surface area contributed by atoms with Gasteiger partial charge in [0.05, 0.1) is 18.2 Å². The van der Waals surface area contributed by atoms with Crippen LogP contribution in [0.2, 0.25) is 0 Å². The van der Waals surface area contributed by atoms with Crippen molar-refractivity contribution in [1.29, 1.82) is 0 Å². The summed E-state index contributed by atoms with van der Waals surface area (Å²) in [7, 11) is 1.26. The fourth-order valence-corrected chi connectivity index (χ4v) is 1.84. The number of carboxylic acid groups (broad SMARTS) is 1. The summed E-state index contributed by atoms with van der Waals surface area (Å²) in [6, 6.07) is 11.9. The first kappa shape index (κ1) is 15.2. The molecule has 0 spiro atoms. The summed E-state index contributed by atoms with van der Waals surface area (Å²) in [4.78, 5) is 34.5. The average molecular weight is 299 g/mol. The molecule has 112 valence electrons. The first-order chi connectivity index (χ1) is 10.5. The third-order valence-corrected chi connectivity index (χ3v) is 2.91. The summed E-state index contributed by atoms with van der Waals surface area (Å²) in [5, 5.41) is 11.5. The average Bonchev–Trinajstić information content (AvgIpc) is 2.54. The van der Waals surface area contributed by atoms with Gasteiger partial charge in [0.25, 0.3) is 5.91 Å². The number of nitrogens with one attached hydrogen (secondary N) is 1. The highest BCUT2D eigenvalue weighted by molar-refractivity contribution is 6.06. The fourth-order valence-electron chi connectivity index (χ4n) is 1.84. The van der Waals surface area contributed by atoms with Crippen molar-refractivity contribution in [2.24, 2.45) is 0 Å². The molecule has 0 aliphatic rings. The smallest absolute Gasteiger partial charge is 0.337 e. The van der Waals surface area contributed by atoms with Crippen LogP contribution in [-0.2, 0) is 4.74 Å². The lowest BCUT2D eigenvalue weighted by Gasteiger charge is -2.07. The van der Waals surface area contributed by atoms with Crippen LogP contribution in [-0.4, -0.2) is 30.1 Å². The zero-order valence-electron chi connectivity index (χ0n) is 11.7. The van der Waals surface area contributed by atoms with Crippen LogP contribution in [0.5, 0.6) is 0 Å². The zero-order chi connectivity index (χ0) is 16.1. The van der Waals surface area contributed by atoms with Crippen molar-refractivity contribution in [3.8, 4) is 0 Å². The maximum Gasteiger partial charge on any atom is 0.337 e. The number of hydrogen-bond donors (Lipinski definition) is 2. The van der Waals surface area contributed by atoms with E-state index < -0.39 is 17.8 Å². The van der Waals surface area contributed by atoms with Crippen LogP contribution in [0.25, 0.3) is 0 Å². The summed E-state index contributed by atoms with van der Waals surface area (Å²) >= 11 is 0. The molecule has 0 aliphatic heterocycles. The second kappa shape index (κ2) is 6.53. The monoisotopic (exact) mass is 299 g/mol. The molecular formula is C16H13NO5. The van der Waals surface area contributed by atoms with Crippen LogP contribution in [0, 0.1) is 0 Å². The molecule has 0 heterocycles. The second-order valence-corrected chi connectivity index (χ2v) is 4.41. The summed E-state index contributed by atoms with van der Waals surface area (Å²) in [6.45, 7) is 0. The van der Waals surface area contributed by atoms with Crippen molar-refractivity contribution < 1.29 is 24.2 Å². The van der Waals surface area contributed by atoms with Crippen molar-refractivity contribution in [3.05, 3.63) is 65.2 Å². The van der Waals surface area contributed by atoms with Gasteiger partial charge < -0.3 is 15.2 Å². The van der Waals surface area contributed by atoms with Gasteiger partial charge in [-0.15, -0.1) is 0 Å².